The lowest BCUT2D eigenvalue weighted by Gasteiger charge is -2.04. The predicted octanol–water partition coefficient (Wildman–Crippen LogP) is 3.20. The van der Waals surface area contributed by atoms with E-state index in [0.717, 1.165) is 14.9 Å². The van der Waals surface area contributed by atoms with Crippen LogP contribution in [0.4, 0.5) is 0 Å². The summed E-state index contributed by atoms with van der Waals surface area (Å²) in [5, 5.41) is 6.29. The molecule has 0 fully saturated rings. The molecule has 0 saturated carbocycles. The van der Waals surface area contributed by atoms with Crippen LogP contribution in [0.2, 0.25) is 0 Å². The van der Waals surface area contributed by atoms with Gasteiger partial charge in [0.1, 0.15) is 5.75 Å². The summed E-state index contributed by atoms with van der Waals surface area (Å²) in [5.74, 6) is 1.29. The monoisotopic (exact) mass is 419 g/mol. The second kappa shape index (κ2) is 6.12. The largest absolute Gasteiger partial charge is 0.496 e. The Labute approximate surface area is 153 Å². The van der Waals surface area contributed by atoms with Gasteiger partial charge in [0.15, 0.2) is 5.82 Å². The first kappa shape index (κ1) is 15.5. The van der Waals surface area contributed by atoms with Crippen LogP contribution in [0.15, 0.2) is 45.0 Å². The minimum absolute atomic E-state index is 0.174. The standard InChI is InChI=1S/C16H10BrN3O2S2/c1-22-11-5-4-10(17)7-9(11)8-13-15(21)20-16(24-13)18-14(19-20)12-3-2-6-23-12/h2-8H,1H3. The molecule has 0 aliphatic rings. The van der Waals surface area contributed by atoms with Gasteiger partial charge in [-0.25, -0.2) is 0 Å². The first-order chi connectivity index (χ1) is 11.7. The van der Waals surface area contributed by atoms with Gasteiger partial charge in [-0.2, -0.15) is 9.50 Å². The van der Waals surface area contributed by atoms with E-state index < -0.39 is 0 Å². The summed E-state index contributed by atoms with van der Waals surface area (Å²) in [7, 11) is 1.61. The van der Waals surface area contributed by atoms with E-state index in [1.54, 1.807) is 24.5 Å². The zero-order valence-electron chi connectivity index (χ0n) is 12.4. The highest BCUT2D eigenvalue weighted by atomic mass is 79.9. The number of halogens is 1. The fourth-order valence-electron chi connectivity index (χ4n) is 2.30. The second-order valence-electron chi connectivity index (χ2n) is 4.91. The number of methoxy groups -OCH3 is 1. The van der Waals surface area contributed by atoms with Crippen molar-refractivity contribution >= 4 is 49.6 Å². The van der Waals surface area contributed by atoms with E-state index >= 15 is 0 Å². The molecule has 0 amide bonds. The zero-order valence-corrected chi connectivity index (χ0v) is 15.6. The van der Waals surface area contributed by atoms with Crippen molar-refractivity contribution in [2.45, 2.75) is 0 Å². The number of benzene rings is 1. The van der Waals surface area contributed by atoms with Crippen molar-refractivity contribution in [1.82, 2.24) is 14.6 Å². The maximum atomic E-state index is 12.6. The molecule has 0 saturated heterocycles. The summed E-state index contributed by atoms with van der Waals surface area (Å²) in [6, 6.07) is 9.53. The van der Waals surface area contributed by atoms with Crippen LogP contribution in [-0.2, 0) is 0 Å². The Morgan fingerprint density at radius 3 is 2.92 bits per heavy atom. The van der Waals surface area contributed by atoms with E-state index in [-0.39, 0.29) is 5.56 Å². The number of nitrogens with zero attached hydrogens (tertiary/aromatic N) is 3. The minimum Gasteiger partial charge on any atom is -0.496 e. The van der Waals surface area contributed by atoms with Crippen LogP contribution in [0.5, 0.6) is 5.75 Å². The Morgan fingerprint density at radius 1 is 1.33 bits per heavy atom. The SMILES string of the molecule is COc1ccc(Br)cc1C=c1sc2nc(-c3cccs3)nn2c1=O. The van der Waals surface area contributed by atoms with Crippen molar-refractivity contribution in [1.29, 1.82) is 0 Å². The van der Waals surface area contributed by atoms with Crippen molar-refractivity contribution in [2.24, 2.45) is 0 Å². The van der Waals surface area contributed by atoms with Gasteiger partial charge < -0.3 is 4.74 Å². The van der Waals surface area contributed by atoms with E-state index in [1.807, 2.05) is 35.7 Å². The smallest absolute Gasteiger partial charge is 0.291 e. The van der Waals surface area contributed by atoms with Gasteiger partial charge in [0.25, 0.3) is 5.56 Å². The number of thiophene rings is 1. The van der Waals surface area contributed by atoms with E-state index in [2.05, 4.69) is 26.0 Å². The van der Waals surface area contributed by atoms with Crippen molar-refractivity contribution < 1.29 is 4.74 Å². The molecular formula is C16H10BrN3O2S2. The normalized spacial score (nSPS) is 12.2. The minimum atomic E-state index is -0.174. The van der Waals surface area contributed by atoms with E-state index in [4.69, 9.17) is 4.74 Å². The molecule has 0 bridgehead atoms. The molecule has 4 rings (SSSR count). The number of thiazole rings is 1. The van der Waals surface area contributed by atoms with Gasteiger partial charge in [0.05, 0.1) is 16.5 Å². The average Bonchev–Trinajstić information content (AvgIpc) is 3.27. The van der Waals surface area contributed by atoms with Crippen LogP contribution in [0.25, 0.3) is 21.7 Å². The number of fused-ring (bicyclic) bond motifs is 1. The van der Waals surface area contributed by atoms with Gasteiger partial charge in [-0.1, -0.05) is 33.3 Å². The molecule has 0 N–H and O–H groups in total. The van der Waals surface area contributed by atoms with Crippen molar-refractivity contribution in [3.63, 3.8) is 0 Å². The van der Waals surface area contributed by atoms with Crippen LogP contribution in [0.3, 0.4) is 0 Å². The third-order valence-electron chi connectivity index (χ3n) is 3.40. The third-order valence-corrected chi connectivity index (χ3v) is 5.72. The lowest BCUT2D eigenvalue weighted by molar-refractivity contribution is 0.414. The summed E-state index contributed by atoms with van der Waals surface area (Å²) in [6.45, 7) is 0. The summed E-state index contributed by atoms with van der Waals surface area (Å²) in [4.78, 5) is 18.6. The average molecular weight is 420 g/mol. The third kappa shape index (κ3) is 2.66. The van der Waals surface area contributed by atoms with Crippen LogP contribution >= 0.6 is 38.6 Å². The van der Waals surface area contributed by atoms with Gasteiger partial charge in [0, 0.05) is 10.0 Å². The maximum Gasteiger partial charge on any atom is 0.291 e. The van der Waals surface area contributed by atoms with Gasteiger partial charge >= 0.3 is 0 Å². The fraction of sp³-hybridized carbons (Fsp3) is 0.0625. The van der Waals surface area contributed by atoms with Crippen LogP contribution in [0.1, 0.15) is 5.56 Å². The molecule has 0 atom stereocenters. The number of rotatable bonds is 3. The Bertz CT molecular complexity index is 1130. The first-order valence-electron chi connectivity index (χ1n) is 6.94. The van der Waals surface area contributed by atoms with Crippen LogP contribution in [-0.4, -0.2) is 21.7 Å². The molecule has 3 aromatic heterocycles. The number of hydrogen-bond donors (Lipinski definition) is 0. The number of ether oxygens (including phenoxy) is 1. The Morgan fingerprint density at radius 2 is 2.21 bits per heavy atom. The van der Waals surface area contributed by atoms with Crippen LogP contribution in [0, 0.1) is 0 Å². The molecule has 0 unspecified atom stereocenters. The predicted molar refractivity (Wildman–Crippen MR) is 99.9 cm³/mol. The molecule has 0 aliphatic heterocycles. The molecule has 0 radical (unpaired) electrons. The van der Waals surface area contributed by atoms with Gasteiger partial charge in [-0.3, -0.25) is 4.79 Å². The summed E-state index contributed by atoms with van der Waals surface area (Å²) < 4.78 is 8.19. The Kier molecular flexibility index (Phi) is 3.95. The molecule has 8 heteroatoms. The lowest BCUT2D eigenvalue weighted by atomic mass is 10.2. The van der Waals surface area contributed by atoms with Crippen molar-refractivity contribution in [2.75, 3.05) is 7.11 Å². The summed E-state index contributed by atoms with van der Waals surface area (Å²) in [6.07, 6.45) is 1.80. The second-order valence-corrected chi connectivity index (χ2v) is 7.78. The number of aromatic nitrogens is 3. The molecule has 120 valence electrons. The zero-order chi connectivity index (χ0) is 16.7. The first-order valence-corrected chi connectivity index (χ1v) is 9.43. The maximum absolute atomic E-state index is 12.6. The molecule has 1 aromatic carbocycles. The summed E-state index contributed by atoms with van der Waals surface area (Å²) in [5.41, 5.74) is 0.652. The highest BCUT2D eigenvalue weighted by molar-refractivity contribution is 9.10. The van der Waals surface area contributed by atoms with E-state index in [1.165, 1.54) is 15.9 Å². The van der Waals surface area contributed by atoms with Crippen molar-refractivity contribution in [3.8, 4) is 16.5 Å². The molecular weight excluding hydrogens is 410 g/mol. The van der Waals surface area contributed by atoms with Gasteiger partial charge in [-0.15, -0.1) is 16.4 Å². The fourth-order valence-corrected chi connectivity index (χ4v) is 4.23. The Balaban J connectivity index is 1.87. The number of hydrogen-bond acceptors (Lipinski definition) is 6. The highest BCUT2D eigenvalue weighted by Crippen LogP contribution is 2.24. The molecule has 0 spiro atoms. The van der Waals surface area contributed by atoms with Gasteiger partial charge in [0.2, 0.25) is 4.96 Å². The lowest BCUT2D eigenvalue weighted by Crippen LogP contribution is -2.23. The molecule has 24 heavy (non-hydrogen) atoms. The topological polar surface area (TPSA) is 56.5 Å². The summed E-state index contributed by atoms with van der Waals surface area (Å²) >= 11 is 6.30. The molecule has 0 aliphatic carbocycles. The van der Waals surface area contributed by atoms with Crippen molar-refractivity contribution in [3.05, 3.63) is 60.6 Å². The molecule has 4 aromatic rings. The molecule has 3 heterocycles. The van der Waals surface area contributed by atoms with E-state index in [0.29, 0.717) is 21.1 Å². The molecule has 5 nitrogen and oxygen atoms in total. The van der Waals surface area contributed by atoms with E-state index in [9.17, 15) is 4.79 Å². The quantitative estimate of drug-likeness (QED) is 0.511. The van der Waals surface area contributed by atoms with Gasteiger partial charge in [-0.05, 0) is 35.7 Å². The van der Waals surface area contributed by atoms with Crippen LogP contribution < -0.4 is 14.8 Å². The highest BCUT2D eigenvalue weighted by Gasteiger charge is 2.13. The Hall–Kier alpha value is -2.03.